The number of hydrogen-bond acceptors (Lipinski definition) is 4. The number of rotatable bonds is 10. The van der Waals surface area contributed by atoms with Crippen LogP contribution in [-0.4, -0.2) is 31.4 Å². The van der Waals surface area contributed by atoms with Crippen LogP contribution in [-0.2, 0) is 10.5 Å². The van der Waals surface area contributed by atoms with Gasteiger partial charge in [-0.3, -0.25) is 4.79 Å². The summed E-state index contributed by atoms with van der Waals surface area (Å²) in [5.74, 6) is 3.10. The van der Waals surface area contributed by atoms with Crippen LogP contribution in [0.5, 0.6) is 11.5 Å². The first kappa shape index (κ1) is 20.2. The summed E-state index contributed by atoms with van der Waals surface area (Å²) in [5, 5.41) is 2.97. The normalized spacial score (nSPS) is 11.7. The lowest BCUT2D eigenvalue weighted by Crippen LogP contribution is -2.39. The van der Waals surface area contributed by atoms with Gasteiger partial charge in [0, 0.05) is 24.1 Å². The largest absolute Gasteiger partial charge is 0.497 e. The van der Waals surface area contributed by atoms with Crippen molar-refractivity contribution in [1.82, 2.24) is 5.32 Å². The molecule has 0 radical (unpaired) electrons. The summed E-state index contributed by atoms with van der Waals surface area (Å²) in [6.45, 7) is 4.70. The molecule has 0 saturated carbocycles. The molecule has 140 valence electrons. The molecule has 0 aliphatic heterocycles. The highest BCUT2D eigenvalue weighted by Gasteiger charge is 2.18. The molecule has 0 aliphatic carbocycles. The zero-order chi connectivity index (χ0) is 18.8. The van der Waals surface area contributed by atoms with Crippen molar-refractivity contribution < 1.29 is 14.3 Å². The third kappa shape index (κ3) is 6.30. The predicted octanol–water partition coefficient (Wildman–Crippen LogP) is 4.21. The lowest BCUT2D eigenvalue weighted by molar-refractivity contribution is -0.127. The van der Waals surface area contributed by atoms with Crippen molar-refractivity contribution in [3.05, 3.63) is 59.7 Å². The molecule has 0 bridgehead atoms. The minimum Gasteiger partial charge on any atom is -0.497 e. The molecule has 1 N–H and O–H groups in total. The van der Waals surface area contributed by atoms with Crippen molar-refractivity contribution in [2.24, 2.45) is 0 Å². The average Bonchev–Trinajstić information content (AvgIpc) is 2.67. The third-order valence-corrected chi connectivity index (χ3v) is 5.06. The monoisotopic (exact) mass is 373 g/mol. The second-order valence-electron chi connectivity index (χ2n) is 5.96. The summed E-state index contributed by atoms with van der Waals surface area (Å²) in [5.41, 5.74) is 2.65. The van der Waals surface area contributed by atoms with Gasteiger partial charge in [0.15, 0.2) is 6.10 Å². The molecule has 0 saturated heterocycles. The average molecular weight is 374 g/mol. The van der Waals surface area contributed by atoms with Crippen LogP contribution < -0.4 is 14.8 Å². The molecule has 0 heterocycles. The van der Waals surface area contributed by atoms with Crippen molar-refractivity contribution in [3.8, 4) is 11.5 Å². The number of thioether (sulfide) groups is 1. The Balaban J connectivity index is 1.73. The van der Waals surface area contributed by atoms with Gasteiger partial charge in [0.1, 0.15) is 11.5 Å². The van der Waals surface area contributed by atoms with E-state index in [1.807, 2.05) is 36.9 Å². The van der Waals surface area contributed by atoms with Gasteiger partial charge in [0.05, 0.1) is 7.11 Å². The van der Waals surface area contributed by atoms with Gasteiger partial charge < -0.3 is 14.8 Å². The molecule has 26 heavy (non-hydrogen) atoms. The summed E-state index contributed by atoms with van der Waals surface area (Å²) >= 11 is 1.82. The highest BCUT2D eigenvalue weighted by molar-refractivity contribution is 7.98. The number of benzene rings is 2. The van der Waals surface area contributed by atoms with Crippen LogP contribution in [0.1, 0.15) is 24.5 Å². The highest BCUT2D eigenvalue weighted by Crippen LogP contribution is 2.20. The maximum absolute atomic E-state index is 12.3. The van der Waals surface area contributed by atoms with E-state index >= 15 is 0 Å². The van der Waals surface area contributed by atoms with Gasteiger partial charge in [0.25, 0.3) is 5.91 Å². The number of carbonyl (C=O) groups is 1. The Morgan fingerprint density at radius 2 is 1.92 bits per heavy atom. The number of carbonyl (C=O) groups excluding carboxylic acids is 1. The van der Waals surface area contributed by atoms with Crippen LogP contribution >= 0.6 is 11.8 Å². The molecule has 0 aliphatic rings. The summed E-state index contributed by atoms with van der Waals surface area (Å²) in [4.78, 5) is 12.3. The molecule has 1 atom stereocenters. The number of methoxy groups -OCH3 is 1. The van der Waals surface area contributed by atoms with E-state index in [1.165, 1.54) is 11.1 Å². The Hall–Kier alpha value is -2.14. The molecule has 0 unspecified atom stereocenters. The van der Waals surface area contributed by atoms with Gasteiger partial charge in [-0.1, -0.05) is 37.3 Å². The number of hydrogen-bond donors (Lipinski definition) is 1. The van der Waals surface area contributed by atoms with Gasteiger partial charge in [0.2, 0.25) is 0 Å². The maximum Gasteiger partial charge on any atom is 0.261 e. The molecule has 2 aromatic rings. The Morgan fingerprint density at radius 1 is 1.15 bits per heavy atom. The number of ether oxygens (including phenoxy) is 2. The van der Waals surface area contributed by atoms with E-state index < -0.39 is 6.10 Å². The lowest BCUT2D eigenvalue weighted by atomic mass is 10.1. The fraction of sp³-hybridized carbons (Fsp3) is 0.381. The van der Waals surface area contributed by atoms with Crippen molar-refractivity contribution >= 4 is 17.7 Å². The molecule has 0 spiro atoms. The van der Waals surface area contributed by atoms with E-state index in [1.54, 1.807) is 13.2 Å². The molecule has 4 nitrogen and oxygen atoms in total. The first-order valence-electron chi connectivity index (χ1n) is 8.84. The molecule has 5 heteroatoms. The van der Waals surface area contributed by atoms with E-state index in [4.69, 9.17) is 9.47 Å². The van der Waals surface area contributed by atoms with Gasteiger partial charge in [-0.2, -0.15) is 11.8 Å². The SMILES string of the molecule is CC[C@H](Oc1cccc(OC)c1)C(=O)NCCSCc1ccccc1C. The van der Waals surface area contributed by atoms with Gasteiger partial charge >= 0.3 is 0 Å². The van der Waals surface area contributed by atoms with E-state index in [9.17, 15) is 4.79 Å². The van der Waals surface area contributed by atoms with E-state index in [0.29, 0.717) is 24.5 Å². The second kappa shape index (κ2) is 10.8. The van der Waals surface area contributed by atoms with Gasteiger partial charge in [-0.15, -0.1) is 0 Å². The van der Waals surface area contributed by atoms with Crippen molar-refractivity contribution in [1.29, 1.82) is 0 Å². The summed E-state index contributed by atoms with van der Waals surface area (Å²) in [7, 11) is 1.61. The van der Waals surface area contributed by atoms with E-state index in [2.05, 4.69) is 36.5 Å². The maximum atomic E-state index is 12.3. The standard InChI is InChI=1S/C21H27NO3S/c1-4-20(25-19-11-7-10-18(14-19)24-3)21(23)22-12-13-26-15-17-9-6-5-8-16(17)2/h5-11,14,20H,4,12-13,15H2,1-3H3,(H,22,23)/t20-/m0/s1. The minimum atomic E-state index is -0.497. The van der Waals surface area contributed by atoms with Gasteiger partial charge in [-0.05, 0) is 36.6 Å². The van der Waals surface area contributed by atoms with Gasteiger partial charge in [-0.25, -0.2) is 0 Å². The number of nitrogens with one attached hydrogen (secondary N) is 1. The lowest BCUT2D eigenvalue weighted by Gasteiger charge is -2.17. The smallest absolute Gasteiger partial charge is 0.261 e. The van der Waals surface area contributed by atoms with Crippen molar-refractivity contribution in [3.63, 3.8) is 0 Å². The van der Waals surface area contributed by atoms with Crippen LogP contribution in [0.4, 0.5) is 0 Å². The topological polar surface area (TPSA) is 47.6 Å². The molecule has 0 fully saturated rings. The van der Waals surface area contributed by atoms with Crippen LogP contribution in [0, 0.1) is 6.92 Å². The van der Waals surface area contributed by atoms with E-state index in [0.717, 1.165) is 11.5 Å². The Bertz CT molecular complexity index is 705. The number of aryl methyl sites for hydroxylation is 1. The molecule has 1 amide bonds. The molecule has 2 aromatic carbocycles. The Labute approximate surface area is 160 Å². The predicted molar refractivity (Wildman–Crippen MR) is 108 cm³/mol. The minimum absolute atomic E-state index is 0.0770. The zero-order valence-corrected chi connectivity index (χ0v) is 16.5. The number of amides is 1. The van der Waals surface area contributed by atoms with Crippen molar-refractivity contribution in [2.75, 3.05) is 19.4 Å². The molecule has 0 aromatic heterocycles. The third-order valence-electron chi connectivity index (χ3n) is 4.05. The second-order valence-corrected chi connectivity index (χ2v) is 7.07. The van der Waals surface area contributed by atoms with Crippen LogP contribution in [0.15, 0.2) is 48.5 Å². The fourth-order valence-electron chi connectivity index (χ4n) is 2.48. The van der Waals surface area contributed by atoms with Crippen LogP contribution in [0.3, 0.4) is 0 Å². The first-order valence-corrected chi connectivity index (χ1v) is 10.00. The molecule has 2 rings (SSSR count). The fourth-order valence-corrected chi connectivity index (χ4v) is 3.41. The van der Waals surface area contributed by atoms with E-state index in [-0.39, 0.29) is 5.91 Å². The molecular weight excluding hydrogens is 346 g/mol. The summed E-state index contributed by atoms with van der Waals surface area (Å²) in [6.07, 6.45) is 0.114. The van der Waals surface area contributed by atoms with Crippen LogP contribution in [0.2, 0.25) is 0 Å². The summed E-state index contributed by atoms with van der Waals surface area (Å²) < 4.78 is 11.0. The Morgan fingerprint density at radius 3 is 2.65 bits per heavy atom. The Kier molecular flexibility index (Phi) is 8.35. The van der Waals surface area contributed by atoms with Crippen molar-refractivity contribution in [2.45, 2.75) is 32.1 Å². The quantitative estimate of drug-likeness (QED) is 0.634. The highest BCUT2D eigenvalue weighted by atomic mass is 32.2. The first-order chi connectivity index (χ1) is 12.6. The zero-order valence-electron chi connectivity index (χ0n) is 15.7. The van der Waals surface area contributed by atoms with Crippen LogP contribution in [0.25, 0.3) is 0 Å². The molecular formula is C21H27NO3S. The summed E-state index contributed by atoms with van der Waals surface area (Å²) in [6, 6.07) is 15.7.